The van der Waals surface area contributed by atoms with Crippen LogP contribution >= 0.6 is 0 Å². The van der Waals surface area contributed by atoms with Crippen molar-refractivity contribution in [2.75, 3.05) is 0 Å². The van der Waals surface area contributed by atoms with Gasteiger partial charge in [0.15, 0.2) is 0 Å². The van der Waals surface area contributed by atoms with Crippen LogP contribution in [-0.4, -0.2) is 16.1 Å². The van der Waals surface area contributed by atoms with Gasteiger partial charge < -0.3 is 5.11 Å². The summed E-state index contributed by atoms with van der Waals surface area (Å²) in [4.78, 5) is 14.9. The maximum atomic E-state index is 13.8. The minimum absolute atomic E-state index is 0.327. The molecule has 0 saturated carbocycles. The van der Waals surface area contributed by atoms with Gasteiger partial charge in [0, 0.05) is 17.8 Å². The average molecular weight is 267 g/mol. The summed E-state index contributed by atoms with van der Waals surface area (Å²) in [5.74, 6) is -2.01. The van der Waals surface area contributed by atoms with Crippen LogP contribution in [0.5, 0.6) is 0 Å². The quantitative estimate of drug-likeness (QED) is 0.769. The van der Waals surface area contributed by atoms with Gasteiger partial charge in [-0.1, -0.05) is 24.3 Å². The van der Waals surface area contributed by atoms with Gasteiger partial charge in [0.1, 0.15) is 5.82 Å². The highest BCUT2D eigenvalue weighted by Gasteiger charge is 2.12. The third kappa shape index (κ3) is 2.01. The van der Waals surface area contributed by atoms with Crippen molar-refractivity contribution in [3.63, 3.8) is 0 Å². The molecule has 0 bridgehead atoms. The van der Waals surface area contributed by atoms with Gasteiger partial charge in [-0.25, -0.2) is 9.18 Å². The van der Waals surface area contributed by atoms with E-state index in [4.69, 9.17) is 5.11 Å². The van der Waals surface area contributed by atoms with Gasteiger partial charge in [0.25, 0.3) is 0 Å². The number of carboxylic acids is 1. The molecule has 0 amide bonds. The number of fused-ring (bicyclic) bond motifs is 1. The lowest BCUT2D eigenvalue weighted by atomic mass is 9.98. The number of aromatic carboxylic acids is 1. The van der Waals surface area contributed by atoms with E-state index in [0.717, 1.165) is 16.3 Å². The summed E-state index contributed by atoms with van der Waals surface area (Å²) < 4.78 is 13.8. The zero-order valence-corrected chi connectivity index (χ0v) is 10.4. The van der Waals surface area contributed by atoms with Crippen molar-refractivity contribution in [1.29, 1.82) is 0 Å². The Kier molecular flexibility index (Phi) is 2.91. The third-order valence-corrected chi connectivity index (χ3v) is 3.19. The summed E-state index contributed by atoms with van der Waals surface area (Å²) in [6.45, 7) is 0. The van der Waals surface area contributed by atoms with Crippen LogP contribution in [-0.2, 0) is 0 Å². The number of hydrogen-bond donors (Lipinski definition) is 1. The smallest absolute Gasteiger partial charge is 0.338 e. The molecule has 0 radical (unpaired) electrons. The van der Waals surface area contributed by atoms with Crippen molar-refractivity contribution in [3.8, 4) is 11.1 Å². The monoisotopic (exact) mass is 267 g/mol. The number of aromatic nitrogens is 1. The first-order chi connectivity index (χ1) is 9.66. The van der Waals surface area contributed by atoms with E-state index in [1.165, 1.54) is 12.1 Å². The molecule has 3 nitrogen and oxygen atoms in total. The average Bonchev–Trinajstić information content (AvgIpc) is 2.46. The van der Waals surface area contributed by atoms with Crippen molar-refractivity contribution in [3.05, 3.63) is 66.2 Å². The molecule has 0 unspecified atom stereocenters. The zero-order chi connectivity index (χ0) is 14.1. The lowest BCUT2D eigenvalue weighted by Gasteiger charge is -2.07. The maximum absolute atomic E-state index is 13.8. The molecule has 0 atom stereocenters. The molecule has 1 aromatic heterocycles. The van der Waals surface area contributed by atoms with Gasteiger partial charge in [0.2, 0.25) is 0 Å². The Hall–Kier alpha value is -2.75. The van der Waals surface area contributed by atoms with E-state index < -0.39 is 11.8 Å². The molecule has 3 aromatic rings. The minimum atomic E-state index is -1.27. The summed E-state index contributed by atoms with van der Waals surface area (Å²) in [6.07, 6.45) is 3.41. The van der Waals surface area contributed by atoms with Gasteiger partial charge in [-0.3, -0.25) is 4.98 Å². The Labute approximate surface area is 114 Å². The SMILES string of the molecule is O=C(O)c1ccc(-c2cccc3ccncc23)cc1F. The van der Waals surface area contributed by atoms with Crippen molar-refractivity contribution in [2.24, 2.45) is 0 Å². The highest BCUT2D eigenvalue weighted by Crippen LogP contribution is 2.29. The number of halogens is 1. The third-order valence-electron chi connectivity index (χ3n) is 3.19. The maximum Gasteiger partial charge on any atom is 0.338 e. The summed E-state index contributed by atoms with van der Waals surface area (Å²) >= 11 is 0. The first-order valence-electron chi connectivity index (χ1n) is 6.03. The molecule has 0 fully saturated rings. The van der Waals surface area contributed by atoms with Gasteiger partial charge in [-0.2, -0.15) is 0 Å². The first-order valence-corrected chi connectivity index (χ1v) is 6.03. The van der Waals surface area contributed by atoms with E-state index in [2.05, 4.69) is 4.98 Å². The van der Waals surface area contributed by atoms with Gasteiger partial charge in [-0.05, 0) is 34.7 Å². The molecule has 3 rings (SSSR count). The second-order valence-corrected chi connectivity index (χ2v) is 4.40. The lowest BCUT2D eigenvalue weighted by molar-refractivity contribution is 0.0692. The Morgan fingerprint density at radius 3 is 2.75 bits per heavy atom. The number of benzene rings is 2. The topological polar surface area (TPSA) is 50.2 Å². The highest BCUT2D eigenvalue weighted by atomic mass is 19.1. The minimum Gasteiger partial charge on any atom is -0.478 e. The number of pyridine rings is 1. The fraction of sp³-hybridized carbons (Fsp3) is 0. The molecule has 2 aromatic carbocycles. The molecule has 0 aliphatic carbocycles. The van der Waals surface area contributed by atoms with Crippen LogP contribution in [0.2, 0.25) is 0 Å². The summed E-state index contributed by atoms with van der Waals surface area (Å²) in [5, 5.41) is 10.7. The largest absolute Gasteiger partial charge is 0.478 e. The molecule has 98 valence electrons. The van der Waals surface area contributed by atoms with Gasteiger partial charge in [-0.15, -0.1) is 0 Å². The lowest BCUT2D eigenvalue weighted by Crippen LogP contribution is -2.00. The van der Waals surface area contributed by atoms with Crippen LogP contribution in [0, 0.1) is 5.82 Å². The Balaban J connectivity index is 2.21. The van der Waals surface area contributed by atoms with E-state index in [-0.39, 0.29) is 5.56 Å². The number of carboxylic acid groups (broad SMARTS) is 1. The van der Waals surface area contributed by atoms with Crippen molar-refractivity contribution < 1.29 is 14.3 Å². The fourth-order valence-corrected chi connectivity index (χ4v) is 2.22. The van der Waals surface area contributed by atoms with E-state index in [9.17, 15) is 9.18 Å². The van der Waals surface area contributed by atoms with E-state index in [1.807, 2.05) is 24.3 Å². The van der Waals surface area contributed by atoms with Crippen LogP contribution < -0.4 is 0 Å². The van der Waals surface area contributed by atoms with Crippen molar-refractivity contribution >= 4 is 16.7 Å². The molecule has 0 saturated heterocycles. The molecule has 0 aliphatic rings. The zero-order valence-electron chi connectivity index (χ0n) is 10.4. The Morgan fingerprint density at radius 1 is 1.15 bits per heavy atom. The molecule has 4 heteroatoms. The first kappa shape index (κ1) is 12.3. The molecule has 0 spiro atoms. The van der Waals surface area contributed by atoms with E-state index in [1.54, 1.807) is 18.5 Å². The predicted octanol–water partition coefficient (Wildman–Crippen LogP) is 3.74. The summed E-state index contributed by atoms with van der Waals surface area (Å²) in [5.41, 5.74) is 1.13. The van der Waals surface area contributed by atoms with Crippen LogP contribution in [0.25, 0.3) is 21.9 Å². The number of nitrogens with zero attached hydrogens (tertiary/aromatic N) is 1. The van der Waals surface area contributed by atoms with Crippen LogP contribution in [0.4, 0.5) is 4.39 Å². The van der Waals surface area contributed by atoms with Crippen molar-refractivity contribution in [2.45, 2.75) is 0 Å². The number of hydrogen-bond acceptors (Lipinski definition) is 2. The van der Waals surface area contributed by atoms with Crippen molar-refractivity contribution in [1.82, 2.24) is 4.98 Å². The molecule has 20 heavy (non-hydrogen) atoms. The van der Waals surface area contributed by atoms with E-state index in [0.29, 0.717) is 5.56 Å². The standard InChI is InChI=1S/C16H10FNO2/c17-15-8-11(4-5-13(15)16(19)20)12-3-1-2-10-6-7-18-9-14(10)12/h1-9H,(H,19,20). The summed E-state index contributed by atoms with van der Waals surface area (Å²) in [7, 11) is 0. The summed E-state index contributed by atoms with van der Waals surface area (Å²) in [6, 6.07) is 11.7. The van der Waals surface area contributed by atoms with Gasteiger partial charge >= 0.3 is 5.97 Å². The van der Waals surface area contributed by atoms with Gasteiger partial charge in [0.05, 0.1) is 5.56 Å². The van der Waals surface area contributed by atoms with E-state index >= 15 is 0 Å². The second kappa shape index (κ2) is 4.74. The fourth-order valence-electron chi connectivity index (χ4n) is 2.22. The number of rotatable bonds is 2. The Bertz CT molecular complexity index is 809. The van der Waals surface area contributed by atoms with Crippen LogP contribution in [0.15, 0.2) is 54.9 Å². The second-order valence-electron chi connectivity index (χ2n) is 4.40. The molecule has 0 aliphatic heterocycles. The molecular formula is C16H10FNO2. The normalized spacial score (nSPS) is 10.7. The highest BCUT2D eigenvalue weighted by molar-refractivity contribution is 5.96. The van der Waals surface area contributed by atoms with Crippen LogP contribution in [0.1, 0.15) is 10.4 Å². The Morgan fingerprint density at radius 2 is 2.00 bits per heavy atom. The molecule has 1 heterocycles. The molecule has 1 N–H and O–H groups in total. The molecular weight excluding hydrogens is 257 g/mol. The number of carbonyl (C=O) groups is 1. The van der Waals surface area contributed by atoms with Crippen LogP contribution in [0.3, 0.4) is 0 Å². The predicted molar refractivity (Wildman–Crippen MR) is 74.1 cm³/mol.